The molecule has 0 saturated heterocycles. The number of halogens is 1. The number of rotatable bonds is 2. The van der Waals surface area contributed by atoms with Crippen LogP contribution in [0.2, 0.25) is 0 Å². The van der Waals surface area contributed by atoms with Gasteiger partial charge in [0.15, 0.2) is 0 Å². The third-order valence-electron chi connectivity index (χ3n) is 2.26. The van der Waals surface area contributed by atoms with Crippen LogP contribution in [0.15, 0.2) is 15.2 Å². The van der Waals surface area contributed by atoms with Crippen molar-refractivity contribution >= 4 is 33.2 Å². The number of amides is 1. The molecule has 0 radical (unpaired) electrons. The van der Waals surface area contributed by atoms with E-state index in [0.717, 1.165) is 15.8 Å². The van der Waals surface area contributed by atoms with Gasteiger partial charge in [-0.05, 0) is 34.3 Å². The van der Waals surface area contributed by atoms with Crippen LogP contribution in [0.25, 0.3) is 0 Å². The molecule has 70 valence electrons. The van der Waals surface area contributed by atoms with Gasteiger partial charge in [-0.2, -0.15) is 0 Å². The van der Waals surface area contributed by atoms with Crippen molar-refractivity contribution in [3.05, 3.63) is 20.8 Å². The van der Waals surface area contributed by atoms with Gasteiger partial charge in [-0.1, -0.05) is 6.92 Å². The van der Waals surface area contributed by atoms with E-state index in [1.807, 2.05) is 11.4 Å². The summed E-state index contributed by atoms with van der Waals surface area (Å²) >= 11 is 4.87. The van der Waals surface area contributed by atoms with Crippen LogP contribution in [-0.2, 0) is 0 Å². The molecule has 0 aliphatic heterocycles. The van der Waals surface area contributed by atoms with Gasteiger partial charge in [0.05, 0.1) is 9.35 Å². The first-order valence-electron chi connectivity index (χ1n) is 4.21. The highest BCUT2D eigenvalue weighted by atomic mass is 79.9. The average molecular weight is 260 g/mol. The predicted molar refractivity (Wildman–Crippen MR) is 57.1 cm³/mol. The average Bonchev–Trinajstić information content (AvgIpc) is 2.62. The van der Waals surface area contributed by atoms with Crippen molar-refractivity contribution in [2.24, 2.45) is 5.92 Å². The van der Waals surface area contributed by atoms with Crippen molar-refractivity contribution in [1.29, 1.82) is 0 Å². The smallest absolute Gasteiger partial charge is 0.252 e. The summed E-state index contributed by atoms with van der Waals surface area (Å²) in [5, 5.41) is 4.85. The van der Waals surface area contributed by atoms with E-state index >= 15 is 0 Å². The summed E-state index contributed by atoms with van der Waals surface area (Å²) in [7, 11) is 0. The zero-order chi connectivity index (χ0) is 9.42. The summed E-state index contributed by atoms with van der Waals surface area (Å²) in [6.45, 7) is 2.15. The molecule has 2 unspecified atom stereocenters. The molecule has 1 saturated carbocycles. The Labute approximate surface area is 89.5 Å². The fourth-order valence-corrected chi connectivity index (χ4v) is 2.34. The first kappa shape index (κ1) is 9.21. The maximum Gasteiger partial charge on any atom is 0.252 e. The first-order chi connectivity index (χ1) is 6.16. The lowest BCUT2D eigenvalue weighted by Crippen LogP contribution is -2.25. The van der Waals surface area contributed by atoms with Gasteiger partial charge >= 0.3 is 0 Å². The van der Waals surface area contributed by atoms with Crippen LogP contribution in [0.1, 0.15) is 23.7 Å². The second-order valence-corrected chi connectivity index (χ2v) is 5.72. The Bertz CT molecular complexity index is 336. The zero-order valence-electron chi connectivity index (χ0n) is 7.21. The fourth-order valence-electron chi connectivity index (χ4n) is 1.20. The maximum absolute atomic E-state index is 11.5. The third kappa shape index (κ3) is 2.11. The molecule has 2 nitrogen and oxygen atoms in total. The number of carbonyl (C=O) groups excluding carboxylic acids is 1. The number of carbonyl (C=O) groups is 1. The molecular weight excluding hydrogens is 250 g/mol. The van der Waals surface area contributed by atoms with Crippen LogP contribution in [0.5, 0.6) is 0 Å². The Morgan fingerprint density at radius 3 is 2.92 bits per heavy atom. The standard InChI is InChI=1S/C9H10BrNOS/c1-5-2-7(5)11-9(12)6-3-8(10)13-4-6/h3-5,7H,2H2,1H3,(H,11,12). The molecule has 0 spiro atoms. The number of nitrogens with one attached hydrogen (secondary N) is 1. The molecule has 4 heteroatoms. The van der Waals surface area contributed by atoms with Crippen LogP contribution >= 0.6 is 27.3 Å². The minimum absolute atomic E-state index is 0.0521. The third-order valence-corrected chi connectivity index (χ3v) is 3.76. The van der Waals surface area contributed by atoms with E-state index in [1.165, 1.54) is 11.3 Å². The van der Waals surface area contributed by atoms with Gasteiger partial charge in [0.25, 0.3) is 5.91 Å². The van der Waals surface area contributed by atoms with Crippen molar-refractivity contribution < 1.29 is 4.79 Å². The SMILES string of the molecule is CC1CC1NC(=O)c1csc(Br)c1. The monoisotopic (exact) mass is 259 g/mol. The molecule has 1 N–H and O–H groups in total. The summed E-state index contributed by atoms with van der Waals surface area (Å²) in [5.41, 5.74) is 0.760. The number of thiophene rings is 1. The maximum atomic E-state index is 11.5. The summed E-state index contributed by atoms with van der Waals surface area (Å²) in [5.74, 6) is 0.710. The number of hydrogen-bond acceptors (Lipinski definition) is 2. The molecule has 0 aromatic carbocycles. The molecule has 13 heavy (non-hydrogen) atoms. The Balaban J connectivity index is 1.97. The highest BCUT2D eigenvalue weighted by Crippen LogP contribution is 2.29. The van der Waals surface area contributed by atoms with Gasteiger partial charge in [0.2, 0.25) is 0 Å². The molecule has 2 atom stereocenters. The highest BCUT2D eigenvalue weighted by Gasteiger charge is 2.34. The molecule has 1 aromatic rings. The molecule has 2 rings (SSSR count). The summed E-state index contributed by atoms with van der Waals surface area (Å²) in [4.78, 5) is 11.5. The topological polar surface area (TPSA) is 29.1 Å². The van der Waals surface area contributed by atoms with Crippen molar-refractivity contribution in [2.75, 3.05) is 0 Å². The van der Waals surface area contributed by atoms with E-state index in [2.05, 4.69) is 28.2 Å². The van der Waals surface area contributed by atoms with E-state index in [4.69, 9.17) is 0 Å². The lowest BCUT2D eigenvalue weighted by atomic mass is 10.3. The molecule has 1 aliphatic rings. The minimum Gasteiger partial charge on any atom is -0.349 e. The van der Waals surface area contributed by atoms with Crippen LogP contribution in [0.3, 0.4) is 0 Å². The van der Waals surface area contributed by atoms with E-state index < -0.39 is 0 Å². The Morgan fingerprint density at radius 2 is 2.46 bits per heavy atom. The summed E-state index contributed by atoms with van der Waals surface area (Å²) in [6.07, 6.45) is 1.12. The Kier molecular flexibility index (Phi) is 2.43. The normalized spacial score (nSPS) is 25.7. The Morgan fingerprint density at radius 1 is 1.77 bits per heavy atom. The lowest BCUT2D eigenvalue weighted by Gasteiger charge is -1.99. The molecular formula is C9H10BrNOS. The largest absolute Gasteiger partial charge is 0.349 e. The molecule has 1 fully saturated rings. The van der Waals surface area contributed by atoms with Crippen molar-refractivity contribution in [1.82, 2.24) is 5.32 Å². The molecule has 0 bridgehead atoms. The lowest BCUT2D eigenvalue weighted by molar-refractivity contribution is 0.0950. The quantitative estimate of drug-likeness (QED) is 0.870. The minimum atomic E-state index is 0.0521. The van der Waals surface area contributed by atoms with E-state index in [-0.39, 0.29) is 5.91 Å². The predicted octanol–water partition coefficient (Wildman–Crippen LogP) is 2.65. The fraction of sp³-hybridized carbons (Fsp3) is 0.444. The van der Waals surface area contributed by atoms with Crippen molar-refractivity contribution in [3.63, 3.8) is 0 Å². The van der Waals surface area contributed by atoms with E-state index in [9.17, 15) is 4.79 Å². The van der Waals surface area contributed by atoms with Gasteiger partial charge in [-0.3, -0.25) is 4.79 Å². The van der Waals surface area contributed by atoms with Crippen LogP contribution in [-0.4, -0.2) is 11.9 Å². The summed E-state index contributed by atoms with van der Waals surface area (Å²) in [6, 6.07) is 2.26. The second kappa shape index (κ2) is 3.42. The van der Waals surface area contributed by atoms with E-state index in [0.29, 0.717) is 12.0 Å². The van der Waals surface area contributed by atoms with Crippen molar-refractivity contribution in [3.8, 4) is 0 Å². The zero-order valence-corrected chi connectivity index (χ0v) is 9.61. The van der Waals surface area contributed by atoms with Crippen molar-refractivity contribution in [2.45, 2.75) is 19.4 Å². The molecule has 1 aliphatic carbocycles. The van der Waals surface area contributed by atoms with E-state index in [1.54, 1.807) is 0 Å². The highest BCUT2D eigenvalue weighted by molar-refractivity contribution is 9.11. The van der Waals surface area contributed by atoms with Gasteiger partial charge in [-0.15, -0.1) is 11.3 Å². The van der Waals surface area contributed by atoms with Crippen LogP contribution in [0, 0.1) is 5.92 Å². The molecule has 1 heterocycles. The Hall–Kier alpha value is -0.350. The van der Waals surface area contributed by atoms with Gasteiger partial charge < -0.3 is 5.32 Å². The molecule has 1 aromatic heterocycles. The number of hydrogen-bond donors (Lipinski definition) is 1. The summed E-state index contributed by atoms with van der Waals surface area (Å²) < 4.78 is 1.00. The first-order valence-corrected chi connectivity index (χ1v) is 5.89. The second-order valence-electron chi connectivity index (χ2n) is 3.43. The van der Waals surface area contributed by atoms with Crippen LogP contribution < -0.4 is 5.32 Å². The van der Waals surface area contributed by atoms with Gasteiger partial charge in [-0.25, -0.2) is 0 Å². The molecule has 1 amide bonds. The van der Waals surface area contributed by atoms with Gasteiger partial charge in [0.1, 0.15) is 0 Å². The van der Waals surface area contributed by atoms with Gasteiger partial charge in [0, 0.05) is 11.4 Å². The van der Waals surface area contributed by atoms with Crippen LogP contribution in [0.4, 0.5) is 0 Å².